The first-order valence-electron chi connectivity index (χ1n) is 10.4. The predicted octanol–water partition coefficient (Wildman–Crippen LogP) is 4.79. The molecule has 0 bridgehead atoms. The van der Waals surface area contributed by atoms with Crippen LogP contribution >= 0.6 is 0 Å². The van der Waals surface area contributed by atoms with Crippen LogP contribution in [0.4, 0.5) is 9.59 Å². The van der Waals surface area contributed by atoms with Gasteiger partial charge in [0.2, 0.25) is 0 Å². The molecule has 28 heavy (non-hydrogen) atoms. The fraction of sp³-hybridized carbons (Fsp3) is 0.889. The maximum atomic E-state index is 13.0. The Labute approximate surface area is 177 Å². The van der Waals surface area contributed by atoms with Gasteiger partial charge in [-0.1, -0.05) is 65.5 Å². The monoisotopic (exact) mass is 460 g/mol. The Morgan fingerprint density at radius 2 is 1.29 bits per heavy atom. The topological polar surface area (TPSA) is 47.1 Å². The lowest BCUT2D eigenvalue weighted by atomic mass is 10.7. The predicted molar refractivity (Wildman–Crippen MR) is 131 cm³/mol. The molecular weight excluding hydrogens is 417 g/mol. The Morgan fingerprint density at radius 3 is 1.68 bits per heavy atom. The maximum Gasteiger partial charge on any atom is 0.304 e. The second-order valence-corrected chi connectivity index (χ2v) is 30.8. The SMILES string of the molecule is CN(C(=O)N(C)[Si](C)(C)CC[Si](C)(C)N1CCN([Si](C)(C)C)C1=O)[Si](C)(C)C. The molecule has 1 heterocycles. The van der Waals surface area contributed by atoms with Crippen molar-refractivity contribution in [3.05, 3.63) is 0 Å². The van der Waals surface area contributed by atoms with Crippen LogP contribution < -0.4 is 0 Å². The molecule has 4 amide bonds. The van der Waals surface area contributed by atoms with E-state index >= 15 is 0 Å². The van der Waals surface area contributed by atoms with Crippen LogP contribution in [0.25, 0.3) is 0 Å². The molecule has 0 aromatic heterocycles. The van der Waals surface area contributed by atoms with Crippen molar-refractivity contribution in [3.63, 3.8) is 0 Å². The van der Waals surface area contributed by atoms with Gasteiger partial charge in [-0.3, -0.25) is 9.59 Å². The van der Waals surface area contributed by atoms with E-state index in [1.54, 1.807) is 0 Å². The van der Waals surface area contributed by atoms with Gasteiger partial charge in [0.05, 0.1) is 0 Å². The van der Waals surface area contributed by atoms with Crippen molar-refractivity contribution in [2.45, 2.75) is 77.6 Å². The molecule has 0 aliphatic carbocycles. The van der Waals surface area contributed by atoms with Crippen LogP contribution in [0.5, 0.6) is 0 Å². The third-order valence-corrected chi connectivity index (χ3v) is 18.0. The Balaban J connectivity index is 2.83. The summed E-state index contributed by atoms with van der Waals surface area (Å²) in [5, 5.41) is 0. The van der Waals surface area contributed by atoms with Gasteiger partial charge in [-0.05, 0) is 12.1 Å². The van der Waals surface area contributed by atoms with Crippen molar-refractivity contribution in [2.24, 2.45) is 0 Å². The Hall–Kier alpha value is -0.592. The molecule has 1 rings (SSSR count). The summed E-state index contributed by atoms with van der Waals surface area (Å²) in [7, 11) is -3.09. The van der Waals surface area contributed by atoms with Gasteiger partial charge >= 0.3 is 12.1 Å². The zero-order valence-corrected chi connectivity index (χ0v) is 24.4. The lowest BCUT2D eigenvalue weighted by Gasteiger charge is -2.42. The number of hydrogen-bond acceptors (Lipinski definition) is 2. The summed E-state index contributed by atoms with van der Waals surface area (Å²) in [4.78, 5) is 26.0. The number of carbonyl (C=O) groups is 2. The molecule has 0 unspecified atom stereocenters. The van der Waals surface area contributed by atoms with Crippen molar-refractivity contribution in [1.29, 1.82) is 0 Å². The van der Waals surface area contributed by atoms with E-state index in [1.807, 2.05) is 23.2 Å². The molecule has 0 atom stereocenters. The van der Waals surface area contributed by atoms with E-state index in [4.69, 9.17) is 0 Å². The standard InChI is InChI=1S/C18H44N4O2Si4/c1-19(25(3,4)5)17(23)20(2)27(9,10)15-16-28(11,12)22-14-13-21(18(22)24)26(6,7)8/h13-16H2,1-12H3. The maximum absolute atomic E-state index is 13.0. The minimum Gasteiger partial charge on any atom is -0.356 e. The van der Waals surface area contributed by atoms with Crippen LogP contribution in [0.2, 0.25) is 77.6 Å². The van der Waals surface area contributed by atoms with Gasteiger partial charge in [-0.25, -0.2) is 0 Å². The number of amides is 4. The average molecular weight is 461 g/mol. The highest BCUT2D eigenvalue weighted by Gasteiger charge is 2.45. The van der Waals surface area contributed by atoms with E-state index in [9.17, 15) is 9.59 Å². The fourth-order valence-corrected chi connectivity index (χ4v) is 13.3. The highest BCUT2D eigenvalue weighted by molar-refractivity contribution is 6.83. The Kier molecular flexibility index (Phi) is 7.51. The smallest absolute Gasteiger partial charge is 0.304 e. The molecule has 1 aliphatic heterocycles. The summed E-state index contributed by atoms with van der Waals surface area (Å²) in [6.45, 7) is 24.3. The van der Waals surface area contributed by atoms with E-state index < -0.39 is 32.9 Å². The molecule has 1 saturated heterocycles. The molecular formula is C18H44N4O2Si4. The first kappa shape index (κ1) is 25.4. The number of hydrogen-bond donors (Lipinski definition) is 0. The first-order chi connectivity index (χ1) is 12.3. The van der Waals surface area contributed by atoms with E-state index in [2.05, 4.69) is 74.6 Å². The summed E-state index contributed by atoms with van der Waals surface area (Å²) in [6, 6.07) is 2.53. The third kappa shape index (κ3) is 5.73. The summed E-state index contributed by atoms with van der Waals surface area (Å²) in [6.07, 6.45) is 0. The van der Waals surface area contributed by atoms with Crippen molar-refractivity contribution in [1.82, 2.24) is 18.3 Å². The van der Waals surface area contributed by atoms with Gasteiger partial charge in [0.25, 0.3) is 0 Å². The van der Waals surface area contributed by atoms with Crippen molar-refractivity contribution in [3.8, 4) is 0 Å². The molecule has 6 nitrogen and oxygen atoms in total. The van der Waals surface area contributed by atoms with Crippen LogP contribution in [0.15, 0.2) is 0 Å². The molecule has 0 spiro atoms. The van der Waals surface area contributed by atoms with Crippen molar-refractivity contribution >= 4 is 45.0 Å². The van der Waals surface area contributed by atoms with Crippen molar-refractivity contribution < 1.29 is 9.59 Å². The average Bonchev–Trinajstić information content (AvgIpc) is 2.92. The lowest BCUT2D eigenvalue weighted by Crippen LogP contribution is -2.60. The van der Waals surface area contributed by atoms with Gasteiger partial charge in [0.15, 0.2) is 32.9 Å². The van der Waals surface area contributed by atoms with Crippen LogP contribution in [0, 0.1) is 0 Å². The summed E-state index contributed by atoms with van der Waals surface area (Å²) < 4.78 is 8.35. The van der Waals surface area contributed by atoms with Gasteiger partial charge in [0.1, 0.15) is 0 Å². The Bertz CT molecular complexity index is 599. The second kappa shape index (κ2) is 8.27. The summed E-state index contributed by atoms with van der Waals surface area (Å²) in [5.74, 6) is 0. The highest BCUT2D eigenvalue weighted by Crippen LogP contribution is 2.30. The van der Waals surface area contributed by atoms with Gasteiger partial charge in [-0.2, -0.15) is 0 Å². The zero-order valence-electron chi connectivity index (χ0n) is 20.4. The molecule has 164 valence electrons. The van der Waals surface area contributed by atoms with Crippen LogP contribution in [0.1, 0.15) is 0 Å². The van der Waals surface area contributed by atoms with E-state index in [0.29, 0.717) is 0 Å². The van der Waals surface area contributed by atoms with Gasteiger partial charge in [-0.15, -0.1) is 0 Å². The normalized spacial score (nSPS) is 16.6. The molecule has 0 radical (unpaired) electrons. The van der Waals surface area contributed by atoms with E-state index in [-0.39, 0.29) is 12.1 Å². The molecule has 0 aromatic rings. The molecule has 0 aromatic carbocycles. The molecule has 10 heteroatoms. The minimum atomic E-state index is -1.89. The van der Waals surface area contributed by atoms with E-state index in [1.165, 1.54) is 0 Å². The largest absolute Gasteiger partial charge is 0.356 e. The number of rotatable bonds is 7. The minimum absolute atomic E-state index is 0.164. The molecule has 0 N–H and O–H groups in total. The summed E-state index contributed by atoms with van der Waals surface area (Å²) in [5.41, 5.74) is 0. The van der Waals surface area contributed by atoms with E-state index in [0.717, 1.165) is 25.2 Å². The first-order valence-corrected chi connectivity index (χ1v) is 23.6. The van der Waals surface area contributed by atoms with Crippen LogP contribution in [0.3, 0.4) is 0 Å². The van der Waals surface area contributed by atoms with Gasteiger partial charge < -0.3 is 18.3 Å². The van der Waals surface area contributed by atoms with Gasteiger partial charge in [0, 0.05) is 27.2 Å². The summed E-state index contributed by atoms with van der Waals surface area (Å²) >= 11 is 0. The number of urea groups is 2. The second-order valence-electron chi connectivity index (χ2n) is 11.5. The van der Waals surface area contributed by atoms with Crippen molar-refractivity contribution in [2.75, 3.05) is 27.2 Å². The van der Waals surface area contributed by atoms with Crippen LogP contribution in [-0.2, 0) is 0 Å². The third-order valence-electron chi connectivity index (χ3n) is 6.39. The molecule has 1 aliphatic rings. The lowest BCUT2D eigenvalue weighted by molar-refractivity contribution is 0.211. The molecule has 0 saturated carbocycles. The number of carbonyl (C=O) groups excluding carboxylic acids is 2. The molecule has 1 fully saturated rings. The zero-order chi connectivity index (χ0) is 22.3. The fourth-order valence-electron chi connectivity index (χ4n) is 3.41. The highest BCUT2D eigenvalue weighted by atomic mass is 28.3. The van der Waals surface area contributed by atoms with Crippen LogP contribution in [-0.4, -0.2) is 90.5 Å². The Morgan fingerprint density at radius 1 is 0.821 bits per heavy atom. The number of nitrogens with zero attached hydrogens (tertiary/aromatic N) is 4. The quantitative estimate of drug-likeness (QED) is 0.513.